The monoisotopic (exact) mass is 322 g/mol. The van der Waals surface area contributed by atoms with E-state index in [0.717, 1.165) is 6.42 Å². The smallest absolute Gasteiger partial charge is 0.276 e. The van der Waals surface area contributed by atoms with Gasteiger partial charge in [-0.3, -0.25) is 0 Å². The highest BCUT2D eigenvalue weighted by atomic mass is 32.2. The van der Waals surface area contributed by atoms with Crippen molar-refractivity contribution in [1.29, 1.82) is 5.26 Å². The summed E-state index contributed by atoms with van der Waals surface area (Å²) < 4.78 is 31.9. The minimum Gasteiger partial charge on any atom is -0.433 e. The van der Waals surface area contributed by atoms with Crippen molar-refractivity contribution in [3.8, 4) is 6.07 Å². The second-order valence-electron chi connectivity index (χ2n) is 7.13. The van der Waals surface area contributed by atoms with Gasteiger partial charge in [0, 0.05) is 13.1 Å². The number of hydrogen-bond donors (Lipinski definition) is 0. The Kier molecular flexibility index (Phi) is 3.82. The van der Waals surface area contributed by atoms with E-state index in [0.29, 0.717) is 30.3 Å². The average molecular weight is 322 g/mol. The SMILES string of the molecule is CC1(C)CCCC1C1CCN(S(=O)(=O)c2ccc(C#N)o2)C1. The lowest BCUT2D eigenvalue weighted by atomic mass is 9.74. The number of nitriles is 1. The van der Waals surface area contributed by atoms with Crippen LogP contribution >= 0.6 is 0 Å². The van der Waals surface area contributed by atoms with Crippen molar-refractivity contribution in [3.63, 3.8) is 0 Å². The lowest BCUT2D eigenvalue weighted by Gasteiger charge is -2.32. The molecule has 22 heavy (non-hydrogen) atoms. The normalized spacial score (nSPS) is 28.8. The molecule has 0 bridgehead atoms. The molecule has 0 radical (unpaired) electrons. The molecule has 2 heterocycles. The Morgan fingerprint density at radius 3 is 2.73 bits per heavy atom. The minimum atomic E-state index is -3.61. The first-order valence-electron chi connectivity index (χ1n) is 7.85. The molecule has 0 spiro atoms. The topological polar surface area (TPSA) is 74.3 Å². The summed E-state index contributed by atoms with van der Waals surface area (Å²) in [5, 5.41) is 8.66. The number of nitrogens with zero attached hydrogens (tertiary/aromatic N) is 2. The molecule has 2 unspecified atom stereocenters. The molecule has 120 valence electrons. The third-order valence-corrected chi connectivity index (χ3v) is 7.12. The summed E-state index contributed by atoms with van der Waals surface area (Å²) in [6.45, 7) is 5.71. The van der Waals surface area contributed by atoms with Crippen LogP contribution in [0.25, 0.3) is 0 Å². The molecule has 1 aromatic rings. The van der Waals surface area contributed by atoms with Crippen molar-refractivity contribution in [3.05, 3.63) is 17.9 Å². The Morgan fingerprint density at radius 1 is 1.36 bits per heavy atom. The van der Waals surface area contributed by atoms with E-state index in [4.69, 9.17) is 9.68 Å². The second-order valence-corrected chi connectivity index (χ2v) is 9.00. The van der Waals surface area contributed by atoms with Gasteiger partial charge in [-0.05, 0) is 48.6 Å². The lowest BCUT2D eigenvalue weighted by Crippen LogP contribution is -2.32. The van der Waals surface area contributed by atoms with Crippen LogP contribution in [0.15, 0.2) is 21.6 Å². The fourth-order valence-corrected chi connectivity index (χ4v) is 5.60. The largest absolute Gasteiger partial charge is 0.433 e. The van der Waals surface area contributed by atoms with E-state index in [-0.39, 0.29) is 10.9 Å². The quantitative estimate of drug-likeness (QED) is 0.857. The van der Waals surface area contributed by atoms with Crippen LogP contribution in [0.3, 0.4) is 0 Å². The maximum Gasteiger partial charge on any atom is 0.276 e. The summed E-state index contributed by atoms with van der Waals surface area (Å²) in [4.78, 5) is 0. The Labute approximate surface area is 132 Å². The minimum absolute atomic E-state index is 0.0336. The molecular weight excluding hydrogens is 300 g/mol. The molecule has 0 amide bonds. The molecule has 2 fully saturated rings. The number of furan rings is 1. The molecule has 6 heteroatoms. The summed E-state index contributed by atoms with van der Waals surface area (Å²) in [5.74, 6) is 1.06. The standard InChI is InChI=1S/C16H22N2O3S/c1-16(2)8-3-4-14(16)12-7-9-18(11-12)22(19,20)15-6-5-13(10-17)21-15/h5-6,12,14H,3-4,7-9,11H2,1-2H3. The lowest BCUT2D eigenvalue weighted by molar-refractivity contribution is 0.183. The highest BCUT2D eigenvalue weighted by Gasteiger charge is 2.44. The Morgan fingerprint density at radius 2 is 2.14 bits per heavy atom. The van der Waals surface area contributed by atoms with Gasteiger partial charge < -0.3 is 4.42 Å². The molecule has 1 aromatic heterocycles. The maximum atomic E-state index is 12.6. The zero-order valence-corrected chi connectivity index (χ0v) is 13.9. The van der Waals surface area contributed by atoms with Gasteiger partial charge in [0.2, 0.25) is 10.9 Å². The van der Waals surface area contributed by atoms with Gasteiger partial charge in [0.25, 0.3) is 10.0 Å². The molecule has 1 aliphatic carbocycles. The van der Waals surface area contributed by atoms with Gasteiger partial charge in [0.15, 0.2) is 0 Å². The van der Waals surface area contributed by atoms with Crippen molar-refractivity contribution in [1.82, 2.24) is 4.31 Å². The van der Waals surface area contributed by atoms with E-state index < -0.39 is 10.0 Å². The van der Waals surface area contributed by atoms with Crippen LogP contribution < -0.4 is 0 Å². The third kappa shape index (κ3) is 2.57. The fourth-order valence-electron chi connectivity index (χ4n) is 4.17. The first kappa shape index (κ1) is 15.6. The fraction of sp³-hybridized carbons (Fsp3) is 0.688. The van der Waals surface area contributed by atoms with Gasteiger partial charge in [-0.25, -0.2) is 8.42 Å². The van der Waals surface area contributed by atoms with Crippen molar-refractivity contribution < 1.29 is 12.8 Å². The van der Waals surface area contributed by atoms with Crippen LogP contribution in [0.1, 0.15) is 45.3 Å². The molecule has 1 saturated heterocycles. The number of sulfonamides is 1. The van der Waals surface area contributed by atoms with E-state index in [9.17, 15) is 8.42 Å². The molecule has 2 aliphatic rings. The molecule has 0 N–H and O–H groups in total. The van der Waals surface area contributed by atoms with Gasteiger partial charge in [-0.2, -0.15) is 9.57 Å². The van der Waals surface area contributed by atoms with E-state index in [2.05, 4.69) is 13.8 Å². The third-order valence-electron chi connectivity index (χ3n) is 5.38. The molecule has 0 aromatic carbocycles. The van der Waals surface area contributed by atoms with E-state index in [1.807, 2.05) is 6.07 Å². The predicted molar refractivity (Wildman–Crippen MR) is 81.4 cm³/mol. The maximum absolute atomic E-state index is 12.6. The zero-order chi connectivity index (χ0) is 16.0. The van der Waals surface area contributed by atoms with E-state index in [1.54, 1.807) is 0 Å². The Balaban J connectivity index is 1.76. The summed E-state index contributed by atoms with van der Waals surface area (Å²) in [5.41, 5.74) is 0.309. The number of rotatable bonds is 3. The first-order chi connectivity index (χ1) is 10.3. The Bertz CT molecular complexity index is 699. The van der Waals surface area contributed by atoms with E-state index in [1.165, 1.54) is 35.7 Å². The van der Waals surface area contributed by atoms with Gasteiger partial charge in [-0.1, -0.05) is 20.3 Å². The van der Waals surface area contributed by atoms with Crippen molar-refractivity contribution in [2.75, 3.05) is 13.1 Å². The van der Waals surface area contributed by atoms with Crippen LogP contribution in [0.2, 0.25) is 0 Å². The molecule has 1 aliphatic heterocycles. The average Bonchev–Trinajstić information content (AvgIpc) is 3.15. The second kappa shape index (κ2) is 5.39. The van der Waals surface area contributed by atoms with Crippen LogP contribution in [0.4, 0.5) is 0 Å². The van der Waals surface area contributed by atoms with Crippen LogP contribution in [0, 0.1) is 28.6 Å². The zero-order valence-electron chi connectivity index (χ0n) is 13.1. The van der Waals surface area contributed by atoms with Crippen molar-refractivity contribution >= 4 is 10.0 Å². The van der Waals surface area contributed by atoms with E-state index >= 15 is 0 Å². The summed E-state index contributed by atoms with van der Waals surface area (Å²) in [6.07, 6.45) is 4.58. The van der Waals surface area contributed by atoms with Gasteiger partial charge in [0.1, 0.15) is 6.07 Å². The Hall–Kier alpha value is -1.32. The van der Waals surface area contributed by atoms with Crippen LogP contribution in [0.5, 0.6) is 0 Å². The highest BCUT2D eigenvalue weighted by Crippen LogP contribution is 2.49. The summed E-state index contributed by atoms with van der Waals surface area (Å²) >= 11 is 0. The molecule has 1 saturated carbocycles. The highest BCUT2D eigenvalue weighted by molar-refractivity contribution is 7.89. The first-order valence-corrected chi connectivity index (χ1v) is 9.29. The molecule has 5 nitrogen and oxygen atoms in total. The molecule has 3 rings (SSSR count). The summed E-state index contributed by atoms with van der Waals surface area (Å²) in [7, 11) is -3.61. The van der Waals surface area contributed by atoms with Gasteiger partial charge in [0.05, 0.1) is 0 Å². The summed E-state index contributed by atoms with van der Waals surface area (Å²) in [6, 6.07) is 4.60. The molecule has 2 atom stereocenters. The van der Waals surface area contributed by atoms with Crippen LogP contribution in [-0.2, 0) is 10.0 Å². The van der Waals surface area contributed by atoms with Crippen molar-refractivity contribution in [2.24, 2.45) is 17.3 Å². The van der Waals surface area contributed by atoms with Crippen LogP contribution in [-0.4, -0.2) is 25.8 Å². The van der Waals surface area contributed by atoms with Gasteiger partial charge in [-0.15, -0.1) is 0 Å². The van der Waals surface area contributed by atoms with Crippen molar-refractivity contribution in [2.45, 2.75) is 44.6 Å². The number of hydrogen-bond acceptors (Lipinski definition) is 4. The predicted octanol–water partition coefficient (Wildman–Crippen LogP) is 2.99. The van der Waals surface area contributed by atoms with Gasteiger partial charge >= 0.3 is 0 Å². The molecular formula is C16H22N2O3S.